The van der Waals surface area contributed by atoms with Gasteiger partial charge in [-0.3, -0.25) is 4.90 Å². The van der Waals surface area contributed by atoms with Gasteiger partial charge in [-0.25, -0.2) is 0 Å². The van der Waals surface area contributed by atoms with Crippen LogP contribution in [0.2, 0.25) is 0 Å². The maximum Gasteiger partial charge on any atom is 0.0223 e. The highest BCUT2D eigenvalue weighted by atomic mass is 15.2. The lowest BCUT2D eigenvalue weighted by Gasteiger charge is -2.43. The lowest BCUT2D eigenvalue weighted by Crippen LogP contribution is -2.54. The minimum atomic E-state index is 0.655. The third-order valence-corrected chi connectivity index (χ3v) is 4.37. The van der Waals surface area contributed by atoms with Crippen LogP contribution in [0.4, 0.5) is 0 Å². The number of piperidine rings is 1. The second-order valence-electron chi connectivity index (χ2n) is 5.94. The summed E-state index contributed by atoms with van der Waals surface area (Å²) in [6.07, 6.45) is 5.24. The highest BCUT2D eigenvalue weighted by Gasteiger charge is 2.29. The molecule has 0 saturated carbocycles. The molecule has 2 heteroatoms. The molecule has 1 saturated heterocycles. The maximum absolute atomic E-state index is 3.71. The van der Waals surface area contributed by atoms with Crippen molar-refractivity contribution >= 4 is 0 Å². The second-order valence-corrected chi connectivity index (χ2v) is 5.94. The standard InChI is InChI=1S/C15H32N2/c1-6-10-16-15(7-2)14(5)17-11-12(3)8-9-13(17)4/h12-16H,6-11H2,1-5H3. The van der Waals surface area contributed by atoms with Crippen LogP contribution in [-0.2, 0) is 0 Å². The van der Waals surface area contributed by atoms with Gasteiger partial charge in [0.25, 0.3) is 0 Å². The average Bonchev–Trinajstić information content (AvgIpc) is 2.33. The monoisotopic (exact) mass is 240 g/mol. The predicted octanol–water partition coefficient (Wildman–Crippen LogP) is 3.27. The normalized spacial score (nSPS) is 30.2. The van der Waals surface area contributed by atoms with E-state index in [1.54, 1.807) is 0 Å². The average molecular weight is 240 g/mol. The van der Waals surface area contributed by atoms with Gasteiger partial charge in [0.2, 0.25) is 0 Å². The highest BCUT2D eigenvalue weighted by molar-refractivity contribution is 4.87. The zero-order valence-corrected chi connectivity index (χ0v) is 12.5. The number of hydrogen-bond donors (Lipinski definition) is 1. The van der Waals surface area contributed by atoms with E-state index in [9.17, 15) is 0 Å². The van der Waals surface area contributed by atoms with Gasteiger partial charge in [-0.1, -0.05) is 20.8 Å². The molecule has 0 bridgehead atoms. The van der Waals surface area contributed by atoms with Gasteiger partial charge in [-0.05, 0) is 52.0 Å². The number of rotatable bonds is 6. The predicted molar refractivity (Wildman–Crippen MR) is 76.4 cm³/mol. The molecule has 1 aliphatic heterocycles. The molecule has 1 fully saturated rings. The molecule has 4 unspecified atom stereocenters. The Balaban J connectivity index is 2.54. The van der Waals surface area contributed by atoms with Crippen LogP contribution in [-0.4, -0.2) is 36.1 Å². The molecule has 102 valence electrons. The van der Waals surface area contributed by atoms with Crippen molar-refractivity contribution in [2.24, 2.45) is 5.92 Å². The van der Waals surface area contributed by atoms with Crippen LogP contribution in [0.1, 0.15) is 60.3 Å². The lowest BCUT2D eigenvalue weighted by molar-refractivity contribution is 0.0646. The topological polar surface area (TPSA) is 15.3 Å². The fraction of sp³-hybridized carbons (Fsp3) is 1.00. The first-order valence-electron chi connectivity index (χ1n) is 7.59. The van der Waals surface area contributed by atoms with Crippen LogP contribution in [0.25, 0.3) is 0 Å². The molecule has 1 aliphatic rings. The quantitative estimate of drug-likeness (QED) is 0.766. The molecule has 17 heavy (non-hydrogen) atoms. The van der Waals surface area contributed by atoms with E-state index in [1.807, 2.05) is 0 Å². The first-order valence-corrected chi connectivity index (χ1v) is 7.59. The number of likely N-dealkylation sites (tertiary alicyclic amines) is 1. The molecule has 0 aromatic carbocycles. The summed E-state index contributed by atoms with van der Waals surface area (Å²) in [6.45, 7) is 14.2. The van der Waals surface area contributed by atoms with E-state index in [0.29, 0.717) is 12.1 Å². The molecule has 1 heterocycles. The molecule has 0 radical (unpaired) electrons. The van der Waals surface area contributed by atoms with Crippen LogP contribution in [0.5, 0.6) is 0 Å². The van der Waals surface area contributed by atoms with Crippen molar-refractivity contribution in [3.05, 3.63) is 0 Å². The van der Waals surface area contributed by atoms with Crippen LogP contribution in [0.3, 0.4) is 0 Å². The van der Waals surface area contributed by atoms with Crippen LogP contribution in [0.15, 0.2) is 0 Å². The molecule has 0 spiro atoms. The smallest absolute Gasteiger partial charge is 0.0223 e. The van der Waals surface area contributed by atoms with Crippen molar-refractivity contribution in [2.45, 2.75) is 78.4 Å². The second kappa shape index (κ2) is 7.38. The zero-order valence-electron chi connectivity index (χ0n) is 12.5. The first kappa shape index (κ1) is 15.0. The van der Waals surface area contributed by atoms with Crippen molar-refractivity contribution in [3.63, 3.8) is 0 Å². The van der Waals surface area contributed by atoms with Crippen LogP contribution >= 0.6 is 0 Å². The third kappa shape index (κ3) is 4.26. The van der Waals surface area contributed by atoms with Crippen molar-refractivity contribution in [1.82, 2.24) is 10.2 Å². The van der Waals surface area contributed by atoms with E-state index >= 15 is 0 Å². The molecule has 0 aliphatic carbocycles. The van der Waals surface area contributed by atoms with Crippen molar-refractivity contribution in [1.29, 1.82) is 0 Å². The number of nitrogens with zero attached hydrogens (tertiary/aromatic N) is 1. The van der Waals surface area contributed by atoms with E-state index in [1.165, 1.54) is 32.2 Å². The first-order chi connectivity index (χ1) is 8.10. The Hall–Kier alpha value is -0.0800. The minimum absolute atomic E-state index is 0.655. The molecular formula is C15H32N2. The Morgan fingerprint density at radius 1 is 1.24 bits per heavy atom. The number of hydrogen-bond acceptors (Lipinski definition) is 2. The van der Waals surface area contributed by atoms with E-state index in [-0.39, 0.29) is 0 Å². The van der Waals surface area contributed by atoms with Gasteiger partial charge in [0.15, 0.2) is 0 Å². The Morgan fingerprint density at radius 2 is 1.94 bits per heavy atom. The van der Waals surface area contributed by atoms with Gasteiger partial charge in [0, 0.05) is 24.7 Å². The fourth-order valence-electron chi connectivity index (χ4n) is 3.11. The summed E-state index contributed by atoms with van der Waals surface area (Å²) in [4.78, 5) is 2.73. The van der Waals surface area contributed by atoms with Gasteiger partial charge in [0.05, 0.1) is 0 Å². The fourth-order valence-corrected chi connectivity index (χ4v) is 3.11. The van der Waals surface area contributed by atoms with Gasteiger partial charge in [0.1, 0.15) is 0 Å². The maximum atomic E-state index is 3.71. The van der Waals surface area contributed by atoms with E-state index < -0.39 is 0 Å². The minimum Gasteiger partial charge on any atom is -0.312 e. The van der Waals surface area contributed by atoms with Crippen molar-refractivity contribution < 1.29 is 0 Å². The van der Waals surface area contributed by atoms with Gasteiger partial charge < -0.3 is 5.32 Å². The van der Waals surface area contributed by atoms with Gasteiger partial charge in [-0.15, -0.1) is 0 Å². The summed E-state index contributed by atoms with van der Waals surface area (Å²) in [6, 6.07) is 2.09. The van der Waals surface area contributed by atoms with Crippen LogP contribution < -0.4 is 5.32 Å². The van der Waals surface area contributed by atoms with Crippen molar-refractivity contribution in [3.8, 4) is 0 Å². The number of nitrogens with one attached hydrogen (secondary N) is 1. The van der Waals surface area contributed by atoms with Gasteiger partial charge >= 0.3 is 0 Å². The summed E-state index contributed by atoms with van der Waals surface area (Å²) in [5.41, 5.74) is 0. The largest absolute Gasteiger partial charge is 0.312 e. The van der Waals surface area contributed by atoms with E-state index in [0.717, 1.165) is 18.5 Å². The van der Waals surface area contributed by atoms with Crippen LogP contribution in [0, 0.1) is 5.92 Å². The molecule has 0 aromatic heterocycles. The Bertz CT molecular complexity index is 205. The molecular weight excluding hydrogens is 208 g/mol. The summed E-state index contributed by atoms with van der Waals surface area (Å²) in [5, 5.41) is 3.71. The Morgan fingerprint density at radius 3 is 2.53 bits per heavy atom. The van der Waals surface area contributed by atoms with Gasteiger partial charge in [-0.2, -0.15) is 0 Å². The summed E-state index contributed by atoms with van der Waals surface area (Å²) < 4.78 is 0. The Labute approximate surface area is 108 Å². The SMILES string of the molecule is CCCNC(CC)C(C)N1CC(C)CCC1C. The van der Waals surface area contributed by atoms with Crippen molar-refractivity contribution in [2.75, 3.05) is 13.1 Å². The van der Waals surface area contributed by atoms with E-state index in [4.69, 9.17) is 0 Å². The molecule has 0 aromatic rings. The molecule has 0 amide bonds. The lowest BCUT2D eigenvalue weighted by atomic mass is 9.91. The molecule has 2 nitrogen and oxygen atoms in total. The molecule has 4 atom stereocenters. The highest BCUT2D eigenvalue weighted by Crippen LogP contribution is 2.24. The summed E-state index contributed by atoms with van der Waals surface area (Å²) >= 11 is 0. The third-order valence-electron chi connectivity index (χ3n) is 4.37. The Kier molecular flexibility index (Phi) is 6.50. The van der Waals surface area contributed by atoms with E-state index in [2.05, 4.69) is 44.8 Å². The molecule has 1 N–H and O–H groups in total. The molecule has 1 rings (SSSR count). The zero-order chi connectivity index (χ0) is 12.8. The summed E-state index contributed by atoms with van der Waals surface area (Å²) in [5.74, 6) is 0.873. The summed E-state index contributed by atoms with van der Waals surface area (Å²) in [7, 11) is 0.